The molecule has 3 rings (SSSR count). The van der Waals surface area contributed by atoms with Gasteiger partial charge in [0.2, 0.25) is 11.7 Å². The van der Waals surface area contributed by atoms with Crippen molar-refractivity contribution >= 4 is 23.1 Å². The second-order valence-electron chi connectivity index (χ2n) is 7.82. The van der Waals surface area contributed by atoms with Crippen LogP contribution in [-0.4, -0.2) is 44.1 Å². The van der Waals surface area contributed by atoms with Crippen molar-refractivity contribution in [3.8, 4) is 11.4 Å². The molecule has 1 aromatic carbocycles. The van der Waals surface area contributed by atoms with E-state index in [2.05, 4.69) is 44.0 Å². The number of Topliss-reactive ketones (excluding diaryl/α,β-unsaturated/α-hetero) is 1. The van der Waals surface area contributed by atoms with Crippen molar-refractivity contribution in [1.29, 1.82) is 5.41 Å². The lowest BCUT2D eigenvalue weighted by Crippen LogP contribution is -2.27. The van der Waals surface area contributed by atoms with Crippen molar-refractivity contribution < 1.29 is 4.79 Å². The Morgan fingerprint density at radius 2 is 1.84 bits per heavy atom. The van der Waals surface area contributed by atoms with E-state index < -0.39 is 0 Å². The van der Waals surface area contributed by atoms with E-state index in [1.54, 1.807) is 30.5 Å². The molecule has 8 nitrogen and oxygen atoms in total. The van der Waals surface area contributed by atoms with E-state index in [9.17, 15) is 4.79 Å². The number of imidazole rings is 1. The molecule has 162 valence electrons. The number of carbonyl (C=O) groups is 1. The fourth-order valence-electron chi connectivity index (χ4n) is 3.37. The highest BCUT2D eigenvalue weighted by Crippen LogP contribution is 2.24. The Morgan fingerprint density at radius 3 is 2.48 bits per heavy atom. The van der Waals surface area contributed by atoms with Crippen LogP contribution < -0.4 is 10.6 Å². The molecule has 0 aliphatic carbocycles. The van der Waals surface area contributed by atoms with Crippen LogP contribution in [0.15, 0.2) is 42.7 Å². The summed E-state index contributed by atoms with van der Waals surface area (Å²) in [4.78, 5) is 25.8. The second-order valence-corrected chi connectivity index (χ2v) is 7.82. The summed E-state index contributed by atoms with van der Waals surface area (Å²) in [6.45, 7) is 8.14. The first-order chi connectivity index (χ1) is 14.8. The molecule has 1 unspecified atom stereocenters. The van der Waals surface area contributed by atoms with Crippen LogP contribution in [0.25, 0.3) is 11.4 Å². The Balaban J connectivity index is 1.75. The van der Waals surface area contributed by atoms with Gasteiger partial charge in [0.15, 0.2) is 0 Å². The number of hydrogen-bond donors (Lipinski definition) is 3. The fraction of sp³-hybridized carbons (Fsp3) is 0.348. The van der Waals surface area contributed by atoms with E-state index >= 15 is 0 Å². The largest absolute Gasteiger partial charge is 0.324 e. The topological polar surface area (TPSA) is 109 Å². The Kier molecular flexibility index (Phi) is 6.91. The highest BCUT2D eigenvalue weighted by molar-refractivity contribution is 6.45. The number of aryl methyl sites for hydroxylation is 1. The lowest BCUT2D eigenvalue weighted by atomic mass is 10.0. The third kappa shape index (κ3) is 5.21. The number of carbonyl (C=O) groups excluding carboxylic acids is 1. The number of ketones is 1. The third-order valence-electron chi connectivity index (χ3n) is 5.10. The Bertz CT molecular complexity index is 1070. The SMILES string of the molecule is CNC(C)CC(=N)C(=O)c1ccc(Nc2nccc(-c3cnc(C)n3C(C)C)n2)cc1. The summed E-state index contributed by atoms with van der Waals surface area (Å²) in [5, 5.41) is 14.2. The minimum absolute atomic E-state index is 0.0811. The van der Waals surface area contributed by atoms with Gasteiger partial charge in [0, 0.05) is 36.0 Å². The standard InChI is InChI=1S/C23H29N7O/c1-14(2)30-16(4)27-13-21(30)20-10-11-26-23(29-20)28-18-8-6-17(7-9-18)22(31)19(24)12-15(3)25-5/h6-11,13-15,24-25H,12H2,1-5H3,(H,26,28,29). The van der Waals surface area contributed by atoms with Crippen molar-refractivity contribution in [2.45, 2.75) is 46.2 Å². The van der Waals surface area contributed by atoms with Gasteiger partial charge in [0.25, 0.3) is 0 Å². The van der Waals surface area contributed by atoms with Crippen LogP contribution in [0, 0.1) is 12.3 Å². The fourth-order valence-corrected chi connectivity index (χ4v) is 3.37. The molecule has 3 aromatic rings. The summed E-state index contributed by atoms with van der Waals surface area (Å²) in [7, 11) is 1.82. The van der Waals surface area contributed by atoms with Crippen molar-refractivity contribution in [2.24, 2.45) is 0 Å². The molecule has 31 heavy (non-hydrogen) atoms. The number of rotatable bonds is 9. The predicted octanol–water partition coefficient (Wildman–Crippen LogP) is 4.17. The molecule has 0 fully saturated rings. The van der Waals surface area contributed by atoms with Crippen molar-refractivity contribution in [3.05, 3.63) is 54.1 Å². The van der Waals surface area contributed by atoms with E-state index in [4.69, 9.17) is 5.41 Å². The van der Waals surface area contributed by atoms with Gasteiger partial charge in [0.1, 0.15) is 5.82 Å². The van der Waals surface area contributed by atoms with Crippen molar-refractivity contribution in [3.63, 3.8) is 0 Å². The molecule has 0 saturated carbocycles. The summed E-state index contributed by atoms with van der Waals surface area (Å²) >= 11 is 0. The first-order valence-corrected chi connectivity index (χ1v) is 10.3. The third-order valence-corrected chi connectivity index (χ3v) is 5.10. The molecule has 0 aliphatic rings. The van der Waals surface area contributed by atoms with E-state index in [-0.39, 0.29) is 23.6 Å². The minimum Gasteiger partial charge on any atom is -0.324 e. The summed E-state index contributed by atoms with van der Waals surface area (Å²) in [6.07, 6.45) is 3.92. The van der Waals surface area contributed by atoms with Crippen LogP contribution >= 0.6 is 0 Å². The van der Waals surface area contributed by atoms with Gasteiger partial charge in [-0.3, -0.25) is 4.79 Å². The van der Waals surface area contributed by atoms with Gasteiger partial charge in [0.05, 0.1) is 23.3 Å². The summed E-state index contributed by atoms with van der Waals surface area (Å²) in [5.74, 6) is 1.14. The highest BCUT2D eigenvalue weighted by Gasteiger charge is 2.15. The van der Waals surface area contributed by atoms with Gasteiger partial charge in [-0.15, -0.1) is 0 Å². The van der Waals surface area contributed by atoms with E-state index in [1.807, 2.05) is 33.2 Å². The minimum atomic E-state index is -0.260. The average Bonchev–Trinajstić information content (AvgIpc) is 3.15. The lowest BCUT2D eigenvalue weighted by molar-refractivity contribution is 0.106. The van der Waals surface area contributed by atoms with E-state index in [1.165, 1.54) is 0 Å². The molecule has 0 bridgehead atoms. The van der Waals surface area contributed by atoms with Gasteiger partial charge >= 0.3 is 0 Å². The molecule has 0 spiro atoms. The first-order valence-electron chi connectivity index (χ1n) is 10.3. The zero-order valence-corrected chi connectivity index (χ0v) is 18.6. The van der Waals surface area contributed by atoms with Crippen molar-refractivity contribution in [1.82, 2.24) is 24.8 Å². The summed E-state index contributed by atoms with van der Waals surface area (Å²) in [6, 6.07) is 9.22. The lowest BCUT2D eigenvalue weighted by Gasteiger charge is -2.14. The molecule has 2 aromatic heterocycles. The Hall–Kier alpha value is -3.39. The van der Waals surface area contributed by atoms with Gasteiger partial charge in [-0.25, -0.2) is 15.0 Å². The monoisotopic (exact) mass is 419 g/mol. The van der Waals surface area contributed by atoms with Crippen molar-refractivity contribution in [2.75, 3.05) is 12.4 Å². The van der Waals surface area contributed by atoms with Gasteiger partial charge < -0.3 is 20.6 Å². The zero-order chi connectivity index (χ0) is 22.5. The van der Waals surface area contributed by atoms with Gasteiger partial charge in [-0.1, -0.05) is 0 Å². The van der Waals surface area contributed by atoms with E-state index in [0.717, 1.165) is 22.9 Å². The molecule has 2 heterocycles. The number of aromatic nitrogens is 4. The van der Waals surface area contributed by atoms with E-state index in [0.29, 0.717) is 17.9 Å². The van der Waals surface area contributed by atoms with Crippen LogP contribution in [0.2, 0.25) is 0 Å². The summed E-state index contributed by atoms with van der Waals surface area (Å²) < 4.78 is 2.14. The number of benzene rings is 1. The van der Waals surface area contributed by atoms with Crippen LogP contribution in [0.4, 0.5) is 11.6 Å². The summed E-state index contributed by atoms with van der Waals surface area (Å²) in [5.41, 5.74) is 3.07. The molecule has 0 saturated heterocycles. The first kappa shape index (κ1) is 22.3. The quantitative estimate of drug-likeness (QED) is 0.355. The van der Waals surface area contributed by atoms with Gasteiger partial charge in [-0.2, -0.15) is 0 Å². The van der Waals surface area contributed by atoms with Crippen LogP contribution in [-0.2, 0) is 0 Å². The maximum Gasteiger partial charge on any atom is 0.227 e. The Morgan fingerprint density at radius 1 is 1.13 bits per heavy atom. The normalized spacial score (nSPS) is 12.1. The van der Waals surface area contributed by atoms with Crippen LogP contribution in [0.5, 0.6) is 0 Å². The molecule has 0 amide bonds. The predicted molar refractivity (Wildman–Crippen MR) is 123 cm³/mol. The van der Waals surface area contributed by atoms with Gasteiger partial charge in [-0.05, 0) is 65.1 Å². The highest BCUT2D eigenvalue weighted by atomic mass is 16.1. The maximum absolute atomic E-state index is 12.5. The molecule has 0 radical (unpaired) electrons. The second kappa shape index (κ2) is 9.61. The van der Waals surface area contributed by atoms with Crippen LogP contribution in [0.3, 0.4) is 0 Å². The Labute approximate surface area is 182 Å². The number of nitrogens with zero attached hydrogens (tertiary/aromatic N) is 4. The molecule has 3 N–H and O–H groups in total. The molecular formula is C23H29N7O. The zero-order valence-electron chi connectivity index (χ0n) is 18.6. The average molecular weight is 420 g/mol. The smallest absolute Gasteiger partial charge is 0.227 e. The molecule has 8 heteroatoms. The number of nitrogens with one attached hydrogen (secondary N) is 3. The number of anilines is 2. The maximum atomic E-state index is 12.5. The molecular weight excluding hydrogens is 390 g/mol. The van der Waals surface area contributed by atoms with Crippen LogP contribution in [0.1, 0.15) is 49.4 Å². The molecule has 0 aliphatic heterocycles. The number of hydrogen-bond acceptors (Lipinski definition) is 7. The molecule has 1 atom stereocenters.